The number of rotatable bonds is 8. The molecular weight excluding hydrogens is 316 g/mol. The molecule has 1 aromatic rings. The molecule has 0 aromatic heterocycles. The molecule has 0 aliphatic rings. The highest BCUT2D eigenvalue weighted by Gasteiger charge is 2.21. The van der Waals surface area contributed by atoms with Crippen LogP contribution < -0.4 is 0 Å². The fourth-order valence-corrected chi connectivity index (χ4v) is 3.85. The first kappa shape index (κ1) is 18.1. The molecular formula is C13H20O6S2. The molecule has 21 heavy (non-hydrogen) atoms. The molecule has 0 aliphatic heterocycles. The minimum absolute atomic E-state index is 0.0463. The van der Waals surface area contributed by atoms with Crippen LogP contribution in [0.1, 0.15) is 32.3 Å². The summed E-state index contributed by atoms with van der Waals surface area (Å²) in [4.78, 5) is -0.371. The van der Waals surface area contributed by atoms with Gasteiger partial charge in [0.2, 0.25) is 0 Å². The van der Waals surface area contributed by atoms with Crippen LogP contribution in [0.25, 0.3) is 0 Å². The zero-order chi connectivity index (χ0) is 16.1. The lowest BCUT2D eigenvalue weighted by Crippen LogP contribution is -2.11. The van der Waals surface area contributed by atoms with Gasteiger partial charge in [-0.25, -0.2) is 0 Å². The molecule has 0 amide bonds. The van der Waals surface area contributed by atoms with E-state index in [0.717, 1.165) is 6.07 Å². The molecule has 0 unspecified atom stereocenters. The van der Waals surface area contributed by atoms with E-state index in [2.05, 4.69) is 0 Å². The summed E-state index contributed by atoms with van der Waals surface area (Å²) in [6.45, 7) is 5.26. The average Bonchev–Trinajstić information content (AvgIpc) is 2.42. The van der Waals surface area contributed by atoms with Gasteiger partial charge in [0.25, 0.3) is 20.2 Å². The number of hydrogen-bond donors (Lipinski definition) is 0. The first-order valence-electron chi connectivity index (χ1n) is 6.63. The van der Waals surface area contributed by atoms with Gasteiger partial charge >= 0.3 is 0 Å². The molecule has 0 radical (unpaired) electrons. The second-order valence-corrected chi connectivity index (χ2v) is 7.76. The van der Waals surface area contributed by atoms with E-state index in [9.17, 15) is 16.8 Å². The highest BCUT2D eigenvalue weighted by atomic mass is 32.2. The summed E-state index contributed by atoms with van der Waals surface area (Å²) in [7, 11) is -7.94. The molecule has 1 aromatic carbocycles. The second kappa shape index (κ2) is 7.35. The van der Waals surface area contributed by atoms with Crippen molar-refractivity contribution < 1.29 is 25.2 Å². The van der Waals surface area contributed by atoms with E-state index in [0.29, 0.717) is 18.4 Å². The van der Waals surface area contributed by atoms with Crippen LogP contribution in [-0.2, 0) is 28.6 Å². The van der Waals surface area contributed by atoms with E-state index < -0.39 is 20.2 Å². The maximum absolute atomic E-state index is 12.0. The molecule has 0 saturated heterocycles. The maximum Gasteiger partial charge on any atom is 0.297 e. The zero-order valence-corrected chi connectivity index (χ0v) is 14.0. The lowest BCUT2D eigenvalue weighted by atomic mass is 10.2. The minimum Gasteiger partial charge on any atom is -0.266 e. The Morgan fingerprint density at radius 1 is 0.810 bits per heavy atom. The van der Waals surface area contributed by atoms with Crippen molar-refractivity contribution in [1.29, 1.82) is 0 Å². The molecule has 1 rings (SSSR count). The van der Waals surface area contributed by atoms with E-state index in [1.165, 1.54) is 12.1 Å². The van der Waals surface area contributed by atoms with Crippen molar-refractivity contribution in [2.75, 3.05) is 13.2 Å². The molecule has 120 valence electrons. The predicted octanol–water partition coefficient (Wildman–Crippen LogP) is 2.23. The summed E-state index contributed by atoms with van der Waals surface area (Å²) in [5.74, 6) is 0. The van der Waals surface area contributed by atoms with Gasteiger partial charge in [-0.15, -0.1) is 0 Å². The van der Waals surface area contributed by atoms with Gasteiger partial charge in [0, 0.05) is 0 Å². The first-order chi connectivity index (χ1) is 9.73. The van der Waals surface area contributed by atoms with E-state index in [1.807, 2.05) is 0 Å². The fourth-order valence-electron chi connectivity index (χ4n) is 1.52. The Labute approximate surface area is 126 Å². The molecule has 0 bridgehead atoms. The van der Waals surface area contributed by atoms with Gasteiger partial charge in [-0.3, -0.25) is 8.37 Å². The van der Waals surface area contributed by atoms with Crippen molar-refractivity contribution in [3.8, 4) is 0 Å². The van der Waals surface area contributed by atoms with Crippen molar-refractivity contribution >= 4 is 20.2 Å². The highest BCUT2D eigenvalue weighted by molar-refractivity contribution is 7.87. The van der Waals surface area contributed by atoms with Crippen LogP contribution in [0.4, 0.5) is 0 Å². The molecule has 6 nitrogen and oxygen atoms in total. The van der Waals surface area contributed by atoms with E-state index >= 15 is 0 Å². The number of hydrogen-bond acceptors (Lipinski definition) is 6. The topological polar surface area (TPSA) is 86.7 Å². The van der Waals surface area contributed by atoms with Gasteiger partial charge in [-0.1, -0.05) is 13.8 Å². The average molecular weight is 336 g/mol. The summed E-state index contributed by atoms with van der Waals surface area (Å²) in [5.41, 5.74) is 0.495. The smallest absolute Gasteiger partial charge is 0.266 e. The lowest BCUT2D eigenvalue weighted by molar-refractivity contribution is 0.316. The summed E-state index contributed by atoms with van der Waals surface area (Å²) >= 11 is 0. The van der Waals surface area contributed by atoms with Crippen molar-refractivity contribution in [3.05, 3.63) is 23.8 Å². The third-order valence-corrected chi connectivity index (χ3v) is 5.07. The van der Waals surface area contributed by atoms with Crippen molar-refractivity contribution in [2.24, 2.45) is 0 Å². The molecule has 8 heteroatoms. The Balaban J connectivity index is 3.23. The van der Waals surface area contributed by atoms with E-state index in [1.54, 1.807) is 20.8 Å². The van der Waals surface area contributed by atoms with Crippen molar-refractivity contribution in [2.45, 2.75) is 43.4 Å². The Morgan fingerprint density at radius 3 is 1.52 bits per heavy atom. The van der Waals surface area contributed by atoms with E-state index in [-0.39, 0.29) is 23.0 Å². The largest absolute Gasteiger partial charge is 0.297 e. The summed E-state index contributed by atoms with van der Waals surface area (Å²) in [6, 6.07) is 3.79. The predicted molar refractivity (Wildman–Crippen MR) is 78.0 cm³/mol. The molecule has 0 saturated carbocycles. The van der Waals surface area contributed by atoms with Crippen LogP contribution in [0, 0.1) is 6.92 Å². The van der Waals surface area contributed by atoms with Crippen molar-refractivity contribution in [1.82, 2.24) is 0 Å². The second-order valence-electron chi connectivity index (χ2n) is 4.53. The third-order valence-electron chi connectivity index (χ3n) is 2.49. The third kappa shape index (κ3) is 5.06. The monoisotopic (exact) mass is 336 g/mol. The Morgan fingerprint density at radius 2 is 1.19 bits per heavy atom. The van der Waals surface area contributed by atoms with Gasteiger partial charge in [-0.2, -0.15) is 16.8 Å². The van der Waals surface area contributed by atoms with E-state index in [4.69, 9.17) is 8.37 Å². The molecule has 0 atom stereocenters. The maximum atomic E-state index is 12.0. The standard InChI is InChI=1S/C13H20O6S2/c1-4-6-18-20(14,15)12-8-11(3)9-13(10-12)21(16,17)19-7-5-2/h8-10H,4-7H2,1-3H3. The van der Waals surface area contributed by atoms with Crippen LogP contribution in [0.2, 0.25) is 0 Å². The molecule has 0 fully saturated rings. The quantitative estimate of drug-likeness (QED) is 0.677. The zero-order valence-electron chi connectivity index (χ0n) is 12.3. The normalized spacial score (nSPS) is 12.5. The van der Waals surface area contributed by atoms with Gasteiger partial charge < -0.3 is 0 Å². The number of aryl methyl sites for hydroxylation is 1. The Bertz CT molecular complexity index is 620. The van der Waals surface area contributed by atoms with Gasteiger partial charge in [0.05, 0.1) is 23.0 Å². The van der Waals surface area contributed by atoms with Crippen LogP contribution in [0.15, 0.2) is 28.0 Å². The lowest BCUT2D eigenvalue weighted by Gasteiger charge is -2.09. The van der Waals surface area contributed by atoms with Crippen molar-refractivity contribution in [3.63, 3.8) is 0 Å². The summed E-state index contributed by atoms with van der Waals surface area (Å²) in [6.07, 6.45) is 1.08. The van der Waals surface area contributed by atoms with Gasteiger partial charge in [0.15, 0.2) is 0 Å². The molecule has 0 N–H and O–H groups in total. The Kier molecular flexibility index (Phi) is 6.33. The fraction of sp³-hybridized carbons (Fsp3) is 0.538. The van der Waals surface area contributed by atoms with Crippen LogP contribution in [0.3, 0.4) is 0 Å². The minimum atomic E-state index is -3.97. The highest BCUT2D eigenvalue weighted by Crippen LogP contribution is 2.22. The molecule has 0 heterocycles. The molecule has 0 spiro atoms. The Hall–Kier alpha value is -0.960. The summed E-state index contributed by atoms with van der Waals surface area (Å²) < 4.78 is 57.5. The first-order valence-corrected chi connectivity index (χ1v) is 9.45. The molecule has 0 aliphatic carbocycles. The van der Waals surface area contributed by atoms with Gasteiger partial charge in [-0.05, 0) is 43.5 Å². The van der Waals surface area contributed by atoms with Crippen LogP contribution in [-0.4, -0.2) is 30.0 Å². The summed E-state index contributed by atoms with van der Waals surface area (Å²) in [5, 5.41) is 0. The van der Waals surface area contributed by atoms with Crippen LogP contribution >= 0.6 is 0 Å². The number of benzene rings is 1. The van der Waals surface area contributed by atoms with Gasteiger partial charge in [0.1, 0.15) is 0 Å². The van der Waals surface area contributed by atoms with Crippen LogP contribution in [0.5, 0.6) is 0 Å². The SMILES string of the molecule is CCCOS(=O)(=O)c1cc(C)cc(S(=O)(=O)OCCC)c1.